The zero-order chi connectivity index (χ0) is 8.97. The SMILES string of the molecule is CNCC(=O)c1ccccc1Cl. The molecule has 0 unspecified atom stereocenters. The minimum absolute atomic E-state index is 0.0168. The first-order chi connectivity index (χ1) is 5.75. The maximum absolute atomic E-state index is 11.3. The van der Waals surface area contributed by atoms with E-state index < -0.39 is 0 Å². The van der Waals surface area contributed by atoms with Crippen molar-refractivity contribution in [1.29, 1.82) is 0 Å². The Kier molecular flexibility index (Phi) is 3.26. The topological polar surface area (TPSA) is 29.1 Å². The van der Waals surface area contributed by atoms with Gasteiger partial charge in [-0.15, -0.1) is 0 Å². The molecule has 1 aromatic rings. The van der Waals surface area contributed by atoms with Gasteiger partial charge in [-0.25, -0.2) is 0 Å². The average Bonchev–Trinajstić information content (AvgIpc) is 2.05. The smallest absolute Gasteiger partial charge is 0.178 e. The van der Waals surface area contributed by atoms with Crippen molar-refractivity contribution in [1.82, 2.24) is 5.32 Å². The van der Waals surface area contributed by atoms with Crippen LogP contribution in [0.1, 0.15) is 10.4 Å². The van der Waals surface area contributed by atoms with Gasteiger partial charge in [0.2, 0.25) is 0 Å². The van der Waals surface area contributed by atoms with E-state index in [4.69, 9.17) is 11.6 Å². The van der Waals surface area contributed by atoms with Gasteiger partial charge in [0, 0.05) is 5.56 Å². The molecule has 64 valence electrons. The molecule has 0 amide bonds. The van der Waals surface area contributed by atoms with Crippen molar-refractivity contribution in [3.05, 3.63) is 34.9 Å². The highest BCUT2D eigenvalue weighted by molar-refractivity contribution is 6.34. The van der Waals surface area contributed by atoms with Crippen LogP contribution in [0.5, 0.6) is 0 Å². The number of ketones is 1. The fourth-order valence-corrected chi connectivity index (χ4v) is 1.18. The monoisotopic (exact) mass is 183 g/mol. The van der Waals surface area contributed by atoms with E-state index in [1.54, 1.807) is 31.3 Å². The lowest BCUT2D eigenvalue weighted by molar-refractivity contribution is 0.0994. The third-order valence-corrected chi connectivity index (χ3v) is 1.84. The first-order valence-electron chi connectivity index (χ1n) is 3.68. The van der Waals surface area contributed by atoms with Gasteiger partial charge < -0.3 is 5.32 Å². The van der Waals surface area contributed by atoms with Crippen molar-refractivity contribution in [3.63, 3.8) is 0 Å². The lowest BCUT2D eigenvalue weighted by Gasteiger charge is -2.01. The largest absolute Gasteiger partial charge is 0.313 e. The zero-order valence-corrected chi connectivity index (χ0v) is 7.56. The maximum atomic E-state index is 11.3. The van der Waals surface area contributed by atoms with Gasteiger partial charge >= 0.3 is 0 Å². The second kappa shape index (κ2) is 4.24. The molecule has 0 aromatic heterocycles. The van der Waals surface area contributed by atoms with Crippen molar-refractivity contribution in [2.45, 2.75) is 0 Å². The molecule has 0 fully saturated rings. The Bertz CT molecular complexity index is 286. The van der Waals surface area contributed by atoms with Crippen LogP contribution in [0.25, 0.3) is 0 Å². The Morgan fingerprint density at radius 2 is 2.17 bits per heavy atom. The van der Waals surface area contributed by atoms with E-state index in [-0.39, 0.29) is 5.78 Å². The molecule has 0 aliphatic rings. The zero-order valence-electron chi connectivity index (χ0n) is 6.80. The summed E-state index contributed by atoms with van der Waals surface area (Å²) in [6.45, 7) is 0.323. The van der Waals surface area contributed by atoms with Gasteiger partial charge in [0.25, 0.3) is 0 Å². The maximum Gasteiger partial charge on any atom is 0.178 e. The fourth-order valence-electron chi connectivity index (χ4n) is 0.943. The Balaban J connectivity index is 2.87. The number of benzene rings is 1. The normalized spacial score (nSPS) is 9.83. The summed E-state index contributed by atoms with van der Waals surface area (Å²) in [6.07, 6.45) is 0. The summed E-state index contributed by atoms with van der Waals surface area (Å²) in [5.41, 5.74) is 0.577. The third kappa shape index (κ3) is 2.06. The van der Waals surface area contributed by atoms with Gasteiger partial charge in [0.1, 0.15) is 0 Å². The van der Waals surface area contributed by atoms with Crippen LogP contribution >= 0.6 is 11.6 Å². The van der Waals surface area contributed by atoms with Crippen molar-refractivity contribution in [2.75, 3.05) is 13.6 Å². The lowest BCUT2D eigenvalue weighted by atomic mass is 10.1. The van der Waals surface area contributed by atoms with E-state index >= 15 is 0 Å². The minimum atomic E-state index is 0.0168. The Labute approximate surface area is 76.5 Å². The van der Waals surface area contributed by atoms with Crippen LogP contribution in [0.2, 0.25) is 5.02 Å². The second-order valence-corrected chi connectivity index (χ2v) is 2.84. The van der Waals surface area contributed by atoms with E-state index in [1.807, 2.05) is 0 Å². The molecule has 12 heavy (non-hydrogen) atoms. The predicted octanol–water partition coefficient (Wildman–Crippen LogP) is 1.74. The van der Waals surface area contributed by atoms with Gasteiger partial charge in [0.05, 0.1) is 11.6 Å². The number of likely N-dealkylation sites (N-methyl/N-ethyl adjacent to an activating group) is 1. The Hall–Kier alpha value is -0.860. The van der Waals surface area contributed by atoms with Crippen molar-refractivity contribution < 1.29 is 4.79 Å². The molecule has 0 saturated carbocycles. The van der Waals surface area contributed by atoms with Crippen LogP contribution in [0, 0.1) is 0 Å². The number of hydrogen-bond acceptors (Lipinski definition) is 2. The van der Waals surface area contributed by atoms with Crippen molar-refractivity contribution >= 4 is 17.4 Å². The predicted molar refractivity (Wildman–Crippen MR) is 49.7 cm³/mol. The summed E-state index contributed by atoms with van der Waals surface area (Å²) in [5, 5.41) is 3.30. The molecular formula is C9H10ClNO. The molecule has 0 bridgehead atoms. The summed E-state index contributed by atoms with van der Waals surface area (Å²) in [7, 11) is 1.73. The van der Waals surface area contributed by atoms with Crippen LogP contribution in [-0.2, 0) is 0 Å². The molecule has 0 aliphatic carbocycles. The van der Waals surface area contributed by atoms with Crippen LogP contribution in [-0.4, -0.2) is 19.4 Å². The molecule has 0 aliphatic heterocycles. The van der Waals surface area contributed by atoms with E-state index in [2.05, 4.69) is 5.32 Å². The summed E-state index contributed by atoms with van der Waals surface area (Å²) in [5.74, 6) is 0.0168. The highest BCUT2D eigenvalue weighted by Crippen LogP contribution is 2.14. The highest BCUT2D eigenvalue weighted by atomic mass is 35.5. The number of carbonyl (C=O) groups is 1. The van der Waals surface area contributed by atoms with E-state index in [1.165, 1.54) is 0 Å². The van der Waals surface area contributed by atoms with Crippen LogP contribution in [0.15, 0.2) is 24.3 Å². The molecule has 3 heteroatoms. The highest BCUT2D eigenvalue weighted by Gasteiger charge is 2.06. The van der Waals surface area contributed by atoms with Gasteiger partial charge in [-0.05, 0) is 19.2 Å². The van der Waals surface area contributed by atoms with E-state index in [0.717, 1.165) is 0 Å². The molecule has 0 heterocycles. The molecule has 0 saturated heterocycles. The molecule has 1 aromatic carbocycles. The summed E-state index contributed by atoms with van der Waals surface area (Å²) < 4.78 is 0. The number of carbonyl (C=O) groups excluding carboxylic acids is 1. The molecule has 2 nitrogen and oxygen atoms in total. The third-order valence-electron chi connectivity index (χ3n) is 1.51. The summed E-state index contributed by atoms with van der Waals surface area (Å²) in [6, 6.07) is 7.04. The van der Waals surface area contributed by atoms with Gasteiger partial charge in [0.15, 0.2) is 5.78 Å². The lowest BCUT2D eigenvalue weighted by Crippen LogP contribution is -2.18. The van der Waals surface area contributed by atoms with Crippen molar-refractivity contribution in [2.24, 2.45) is 0 Å². The molecular weight excluding hydrogens is 174 g/mol. The second-order valence-electron chi connectivity index (χ2n) is 2.43. The van der Waals surface area contributed by atoms with Gasteiger partial charge in [-0.2, -0.15) is 0 Å². The molecule has 0 radical (unpaired) electrons. The van der Waals surface area contributed by atoms with E-state index in [0.29, 0.717) is 17.1 Å². The standard InChI is InChI=1S/C9H10ClNO/c1-11-6-9(12)7-4-2-3-5-8(7)10/h2-5,11H,6H2,1H3. The molecule has 0 atom stereocenters. The number of hydrogen-bond donors (Lipinski definition) is 1. The van der Waals surface area contributed by atoms with E-state index in [9.17, 15) is 4.79 Å². The first kappa shape index (κ1) is 9.23. The molecule has 0 spiro atoms. The number of halogens is 1. The quantitative estimate of drug-likeness (QED) is 0.724. The van der Waals surface area contributed by atoms with Crippen LogP contribution in [0.4, 0.5) is 0 Å². The number of nitrogens with one attached hydrogen (secondary N) is 1. The molecule has 1 N–H and O–H groups in total. The summed E-state index contributed by atoms with van der Waals surface area (Å²) in [4.78, 5) is 11.3. The average molecular weight is 184 g/mol. The Morgan fingerprint density at radius 3 is 2.75 bits per heavy atom. The fraction of sp³-hybridized carbons (Fsp3) is 0.222. The summed E-state index contributed by atoms with van der Waals surface area (Å²) >= 11 is 5.81. The van der Waals surface area contributed by atoms with Gasteiger partial charge in [-0.3, -0.25) is 4.79 Å². The Morgan fingerprint density at radius 1 is 1.50 bits per heavy atom. The van der Waals surface area contributed by atoms with Gasteiger partial charge in [-0.1, -0.05) is 23.7 Å². The molecule has 1 rings (SSSR count). The number of Topliss-reactive ketones (excluding diaryl/α,β-unsaturated/α-hetero) is 1. The van der Waals surface area contributed by atoms with Crippen LogP contribution < -0.4 is 5.32 Å². The first-order valence-corrected chi connectivity index (χ1v) is 4.06. The van der Waals surface area contributed by atoms with Crippen LogP contribution in [0.3, 0.4) is 0 Å². The minimum Gasteiger partial charge on any atom is -0.313 e. The van der Waals surface area contributed by atoms with Crippen molar-refractivity contribution in [3.8, 4) is 0 Å². The number of rotatable bonds is 3.